The quantitative estimate of drug-likeness (QED) is 0.584. The number of sulfonamides is 1. The third-order valence-corrected chi connectivity index (χ3v) is 7.64. The van der Waals surface area contributed by atoms with Crippen LogP contribution in [0.15, 0.2) is 38.5 Å². The summed E-state index contributed by atoms with van der Waals surface area (Å²) in [7, 11) is -3.75. The molecule has 0 atom stereocenters. The second-order valence-electron chi connectivity index (χ2n) is 7.53. The van der Waals surface area contributed by atoms with E-state index in [1.807, 2.05) is 12.1 Å². The van der Waals surface area contributed by atoms with Gasteiger partial charge in [0.1, 0.15) is 17.1 Å². The maximum absolute atomic E-state index is 12.9. The molecule has 11 heteroatoms. The minimum absolute atomic E-state index is 0.0784. The average Bonchev–Trinajstić information content (AvgIpc) is 3.10. The van der Waals surface area contributed by atoms with Gasteiger partial charge in [-0.3, -0.25) is 9.59 Å². The van der Waals surface area contributed by atoms with Crippen LogP contribution in [-0.2, 0) is 21.4 Å². The fraction of sp³-hybridized carbons (Fsp3) is 0.400. The minimum Gasteiger partial charge on any atom is -0.360 e. The Balaban J connectivity index is 1.48. The molecule has 0 unspecified atom stereocenters. The van der Waals surface area contributed by atoms with E-state index in [1.165, 1.54) is 8.99 Å². The van der Waals surface area contributed by atoms with Gasteiger partial charge in [0.25, 0.3) is 5.56 Å². The molecule has 0 aliphatic carbocycles. The molecule has 31 heavy (non-hydrogen) atoms. The maximum Gasteiger partial charge on any atom is 0.275 e. The van der Waals surface area contributed by atoms with Crippen molar-refractivity contribution in [3.05, 3.63) is 51.8 Å². The van der Waals surface area contributed by atoms with Crippen LogP contribution >= 0.6 is 0 Å². The lowest BCUT2D eigenvalue weighted by molar-refractivity contribution is -0.133. The molecular formula is C20H23N5O5S. The molecule has 0 saturated carbocycles. The molecule has 3 aromatic rings. The first-order chi connectivity index (χ1) is 14.7. The third-order valence-electron chi connectivity index (χ3n) is 5.49. The summed E-state index contributed by atoms with van der Waals surface area (Å²) in [5.74, 6) is -0.0354. The van der Waals surface area contributed by atoms with Crippen molar-refractivity contribution in [3.63, 3.8) is 0 Å². The van der Waals surface area contributed by atoms with Crippen molar-refractivity contribution < 1.29 is 17.7 Å². The zero-order valence-electron chi connectivity index (χ0n) is 17.5. The van der Waals surface area contributed by atoms with E-state index in [9.17, 15) is 18.0 Å². The number of piperazine rings is 1. The number of carbonyl (C=O) groups is 1. The van der Waals surface area contributed by atoms with Gasteiger partial charge in [-0.2, -0.15) is 9.40 Å². The van der Waals surface area contributed by atoms with Gasteiger partial charge < -0.3 is 9.42 Å². The van der Waals surface area contributed by atoms with Crippen molar-refractivity contribution >= 4 is 26.7 Å². The average molecular weight is 446 g/mol. The molecule has 0 bridgehead atoms. The molecule has 10 nitrogen and oxygen atoms in total. The Hall–Kier alpha value is -3.05. The lowest BCUT2D eigenvalue weighted by atomic mass is 10.1. The fourth-order valence-electron chi connectivity index (χ4n) is 3.89. The summed E-state index contributed by atoms with van der Waals surface area (Å²) < 4.78 is 33.4. The highest BCUT2D eigenvalue weighted by atomic mass is 32.2. The maximum atomic E-state index is 12.9. The summed E-state index contributed by atoms with van der Waals surface area (Å²) in [6.45, 7) is 5.49. The SMILES string of the molecule is Cc1noc(C)c1S(=O)(=O)N1CCN(C(=O)Cn2nc(C)c3ccccc3c2=O)CC1. The minimum atomic E-state index is -3.75. The lowest BCUT2D eigenvalue weighted by Gasteiger charge is -2.34. The first kappa shape index (κ1) is 21.2. The number of carbonyl (C=O) groups excluding carboxylic acids is 1. The molecule has 1 saturated heterocycles. The zero-order valence-corrected chi connectivity index (χ0v) is 18.3. The van der Waals surface area contributed by atoms with Gasteiger partial charge in [-0.05, 0) is 26.8 Å². The highest BCUT2D eigenvalue weighted by Crippen LogP contribution is 2.24. The van der Waals surface area contributed by atoms with Gasteiger partial charge in [0.05, 0.1) is 11.1 Å². The molecule has 1 aliphatic rings. The lowest BCUT2D eigenvalue weighted by Crippen LogP contribution is -2.51. The first-order valence-electron chi connectivity index (χ1n) is 9.87. The van der Waals surface area contributed by atoms with Gasteiger partial charge in [0.15, 0.2) is 5.76 Å². The van der Waals surface area contributed by atoms with Crippen molar-refractivity contribution in [3.8, 4) is 0 Å². The van der Waals surface area contributed by atoms with Crippen LogP contribution in [0.2, 0.25) is 0 Å². The van der Waals surface area contributed by atoms with E-state index >= 15 is 0 Å². The monoisotopic (exact) mass is 445 g/mol. The number of benzene rings is 1. The van der Waals surface area contributed by atoms with Crippen molar-refractivity contribution in [1.29, 1.82) is 0 Å². The van der Waals surface area contributed by atoms with E-state index in [4.69, 9.17) is 4.52 Å². The molecule has 164 valence electrons. The number of amides is 1. The van der Waals surface area contributed by atoms with Gasteiger partial charge in [-0.15, -0.1) is 0 Å². The summed E-state index contributed by atoms with van der Waals surface area (Å²) >= 11 is 0. The topological polar surface area (TPSA) is 119 Å². The van der Waals surface area contributed by atoms with Crippen LogP contribution in [0.5, 0.6) is 0 Å². The highest BCUT2D eigenvalue weighted by molar-refractivity contribution is 7.89. The Morgan fingerprint density at radius 1 is 1.03 bits per heavy atom. The molecule has 0 spiro atoms. The Morgan fingerprint density at radius 3 is 2.29 bits per heavy atom. The van der Waals surface area contributed by atoms with E-state index in [0.29, 0.717) is 16.8 Å². The first-order valence-corrected chi connectivity index (χ1v) is 11.3. The number of rotatable bonds is 4. The second-order valence-corrected chi connectivity index (χ2v) is 9.41. The van der Waals surface area contributed by atoms with Gasteiger partial charge >= 0.3 is 0 Å². The number of fused-ring (bicyclic) bond motifs is 1. The smallest absolute Gasteiger partial charge is 0.275 e. The van der Waals surface area contributed by atoms with Crippen LogP contribution in [0, 0.1) is 20.8 Å². The van der Waals surface area contributed by atoms with Crippen LogP contribution in [0.1, 0.15) is 17.1 Å². The number of aryl methyl sites for hydroxylation is 3. The van der Waals surface area contributed by atoms with Gasteiger partial charge in [0, 0.05) is 31.6 Å². The van der Waals surface area contributed by atoms with Gasteiger partial charge in [-0.1, -0.05) is 23.4 Å². The van der Waals surface area contributed by atoms with Crippen molar-refractivity contribution in [1.82, 2.24) is 24.1 Å². The van der Waals surface area contributed by atoms with Crippen LogP contribution in [-0.4, -0.2) is 64.6 Å². The van der Waals surface area contributed by atoms with Crippen LogP contribution < -0.4 is 5.56 Å². The molecule has 0 radical (unpaired) electrons. The molecule has 1 aromatic carbocycles. The van der Waals surface area contributed by atoms with Crippen molar-refractivity contribution in [2.75, 3.05) is 26.2 Å². The summed E-state index contributed by atoms with van der Waals surface area (Å²) in [4.78, 5) is 27.1. The summed E-state index contributed by atoms with van der Waals surface area (Å²) in [5, 5.41) is 9.27. The van der Waals surface area contributed by atoms with Crippen LogP contribution in [0.4, 0.5) is 0 Å². The predicted molar refractivity (Wildman–Crippen MR) is 112 cm³/mol. The summed E-state index contributed by atoms with van der Waals surface area (Å²) in [6.07, 6.45) is 0. The fourth-order valence-corrected chi connectivity index (χ4v) is 5.60. The summed E-state index contributed by atoms with van der Waals surface area (Å²) in [6, 6.07) is 7.14. The number of aromatic nitrogens is 3. The Morgan fingerprint density at radius 2 is 1.68 bits per heavy atom. The molecule has 2 aromatic heterocycles. The Kier molecular flexibility index (Phi) is 5.40. The van der Waals surface area contributed by atoms with E-state index in [0.717, 1.165) is 5.39 Å². The van der Waals surface area contributed by atoms with Crippen LogP contribution in [0.25, 0.3) is 10.8 Å². The van der Waals surface area contributed by atoms with E-state index in [1.54, 1.807) is 37.8 Å². The highest BCUT2D eigenvalue weighted by Gasteiger charge is 2.34. The normalized spacial score (nSPS) is 15.5. The number of nitrogens with zero attached hydrogens (tertiary/aromatic N) is 5. The van der Waals surface area contributed by atoms with E-state index < -0.39 is 10.0 Å². The second kappa shape index (κ2) is 7.89. The zero-order chi connectivity index (χ0) is 22.3. The largest absolute Gasteiger partial charge is 0.360 e. The molecule has 1 aliphatic heterocycles. The summed E-state index contributed by atoms with van der Waals surface area (Å²) in [5.41, 5.74) is 0.653. The molecule has 3 heterocycles. The number of hydrogen-bond acceptors (Lipinski definition) is 7. The van der Waals surface area contributed by atoms with Crippen LogP contribution in [0.3, 0.4) is 0 Å². The number of hydrogen-bond donors (Lipinski definition) is 0. The van der Waals surface area contributed by atoms with Crippen molar-refractivity contribution in [2.24, 2.45) is 0 Å². The van der Waals surface area contributed by atoms with Gasteiger partial charge in [-0.25, -0.2) is 13.1 Å². The van der Waals surface area contributed by atoms with Crippen molar-refractivity contribution in [2.45, 2.75) is 32.2 Å². The van der Waals surface area contributed by atoms with E-state index in [2.05, 4.69) is 10.3 Å². The molecule has 0 N–H and O–H groups in total. The predicted octanol–water partition coefficient (Wildman–Crippen LogP) is 0.843. The molecular weight excluding hydrogens is 422 g/mol. The molecule has 1 fully saturated rings. The van der Waals surface area contributed by atoms with E-state index in [-0.39, 0.29) is 54.8 Å². The third kappa shape index (κ3) is 3.74. The molecule has 4 rings (SSSR count). The van der Waals surface area contributed by atoms with Gasteiger partial charge in [0.2, 0.25) is 15.9 Å². The Bertz CT molecular complexity index is 1300. The Labute approximate surface area is 179 Å². The standard InChI is InChI=1S/C20H23N5O5S/c1-13-16-6-4-5-7-17(16)20(27)25(21-13)12-18(26)23-8-10-24(11-9-23)31(28,29)19-14(2)22-30-15(19)3/h4-7H,8-12H2,1-3H3. The molecule has 1 amide bonds.